The standard InChI is InChI=1S/C28H33ClN4O3/c1-36-16-4-15-31-27(35)21-6-2-5-20(17-21)25-9-10-26(34)33(32-25)24-11-13-28(19-30,14-12-24)22-7-3-8-23(29)18-22/h2-3,5-10,17-18,24H,4,11-16,19,30H2,1H3,(H,31,35). The van der Waals surface area contributed by atoms with E-state index < -0.39 is 0 Å². The average Bonchev–Trinajstić information content (AvgIpc) is 2.91. The Bertz CT molecular complexity index is 1250. The maximum absolute atomic E-state index is 12.8. The minimum Gasteiger partial charge on any atom is -0.385 e. The molecule has 0 atom stereocenters. The van der Waals surface area contributed by atoms with Gasteiger partial charge in [0, 0.05) is 54.4 Å². The molecule has 2 aromatic carbocycles. The third-order valence-corrected chi connectivity index (χ3v) is 7.38. The van der Waals surface area contributed by atoms with Crippen molar-refractivity contribution in [1.29, 1.82) is 0 Å². The Hall–Kier alpha value is -3.00. The molecule has 1 aliphatic rings. The smallest absolute Gasteiger partial charge is 0.267 e. The maximum atomic E-state index is 12.8. The van der Waals surface area contributed by atoms with Crippen LogP contribution in [-0.2, 0) is 10.2 Å². The summed E-state index contributed by atoms with van der Waals surface area (Å²) in [5.41, 5.74) is 9.14. The second-order valence-corrected chi connectivity index (χ2v) is 9.85. The summed E-state index contributed by atoms with van der Waals surface area (Å²) in [6.07, 6.45) is 4.05. The molecule has 190 valence electrons. The Morgan fingerprint density at radius 1 is 1.17 bits per heavy atom. The van der Waals surface area contributed by atoms with Crippen LogP contribution in [0, 0.1) is 0 Å². The number of benzene rings is 2. The van der Waals surface area contributed by atoms with Crippen LogP contribution >= 0.6 is 11.6 Å². The number of nitrogens with one attached hydrogen (secondary N) is 1. The van der Waals surface area contributed by atoms with E-state index in [2.05, 4.69) is 11.4 Å². The first-order valence-electron chi connectivity index (χ1n) is 12.4. The predicted molar refractivity (Wildman–Crippen MR) is 142 cm³/mol. The fourth-order valence-electron chi connectivity index (χ4n) is 5.01. The largest absolute Gasteiger partial charge is 0.385 e. The van der Waals surface area contributed by atoms with E-state index in [1.807, 2.05) is 36.4 Å². The van der Waals surface area contributed by atoms with Gasteiger partial charge in [0.05, 0.1) is 11.7 Å². The summed E-state index contributed by atoms with van der Waals surface area (Å²) in [5.74, 6) is -0.146. The van der Waals surface area contributed by atoms with Crippen LogP contribution in [0.1, 0.15) is 54.1 Å². The van der Waals surface area contributed by atoms with Gasteiger partial charge in [-0.2, -0.15) is 5.10 Å². The molecule has 3 N–H and O–H groups in total. The monoisotopic (exact) mass is 508 g/mol. The lowest BCUT2D eigenvalue weighted by Gasteiger charge is -2.40. The van der Waals surface area contributed by atoms with E-state index in [0.29, 0.717) is 36.0 Å². The first-order chi connectivity index (χ1) is 17.5. The fourth-order valence-corrected chi connectivity index (χ4v) is 5.20. The zero-order valence-electron chi connectivity index (χ0n) is 20.6. The zero-order valence-corrected chi connectivity index (χ0v) is 21.3. The first kappa shape index (κ1) is 26.1. The Morgan fingerprint density at radius 2 is 1.94 bits per heavy atom. The van der Waals surface area contributed by atoms with Crippen LogP contribution in [0.3, 0.4) is 0 Å². The SMILES string of the molecule is COCCCNC(=O)c1cccc(-c2ccc(=O)n(C3CCC(CN)(c4cccc(Cl)c4)CC3)n2)c1. The number of carbonyl (C=O) groups is 1. The molecule has 36 heavy (non-hydrogen) atoms. The van der Waals surface area contributed by atoms with E-state index in [-0.39, 0.29) is 22.9 Å². The van der Waals surface area contributed by atoms with Gasteiger partial charge in [-0.05, 0) is 68.0 Å². The van der Waals surface area contributed by atoms with Gasteiger partial charge >= 0.3 is 0 Å². The van der Waals surface area contributed by atoms with Crippen molar-refractivity contribution in [2.45, 2.75) is 43.6 Å². The highest BCUT2D eigenvalue weighted by Gasteiger charge is 2.37. The molecule has 8 heteroatoms. The quantitative estimate of drug-likeness (QED) is 0.419. The van der Waals surface area contributed by atoms with Crippen molar-refractivity contribution < 1.29 is 9.53 Å². The second-order valence-electron chi connectivity index (χ2n) is 9.41. The number of amides is 1. The van der Waals surface area contributed by atoms with Crippen LogP contribution in [0.4, 0.5) is 0 Å². The number of nitrogens with two attached hydrogens (primary N) is 1. The molecule has 1 amide bonds. The highest BCUT2D eigenvalue weighted by atomic mass is 35.5. The van der Waals surface area contributed by atoms with Crippen molar-refractivity contribution in [2.75, 3.05) is 26.8 Å². The minimum absolute atomic E-state index is 0.0106. The average molecular weight is 509 g/mol. The highest BCUT2D eigenvalue weighted by molar-refractivity contribution is 6.30. The zero-order chi connectivity index (χ0) is 25.5. The number of hydrogen-bond donors (Lipinski definition) is 2. The van der Waals surface area contributed by atoms with Gasteiger partial charge in [0.2, 0.25) is 0 Å². The number of nitrogens with zero attached hydrogens (tertiary/aromatic N) is 2. The molecule has 0 spiro atoms. The van der Waals surface area contributed by atoms with Crippen molar-refractivity contribution in [3.63, 3.8) is 0 Å². The van der Waals surface area contributed by atoms with Gasteiger partial charge in [-0.25, -0.2) is 4.68 Å². The summed E-state index contributed by atoms with van der Waals surface area (Å²) in [7, 11) is 1.64. The van der Waals surface area contributed by atoms with Crippen LogP contribution < -0.4 is 16.6 Å². The Kier molecular flexibility index (Phi) is 8.56. The summed E-state index contributed by atoms with van der Waals surface area (Å²) in [4.78, 5) is 25.3. The molecule has 0 saturated heterocycles. The second kappa shape index (κ2) is 11.8. The lowest BCUT2D eigenvalue weighted by Crippen LogP contribution is -2.41. The lowest BCUT2D eigenvalue weighted by atomic mass is 9.68. The summed E-state index contributed by atoms with van der Waals surface area (Å²) in [5, 5.41) is 8.33. The summed E-state index contributed by atoms with van der Waals surface area (Å²) >= 11 is 6.25. The third-order valence-electron chi connectivity index (χ3n) is 7.14. The molecule has 0 radical (unpaired) electrons. The molecule has 1 aliphatic carbocycles. The molecule has 7 nitrogen and oxygen atoms in total. The van der Waals surface area contributed by atoms with Crippen molar-refractivity contribution >= 4 is 17.5 Å². The van der Waals surface area contributed by atoms with E-state index in [0.717, 1.165) is 43.2 Å². The van der Waals surface area contributed by atoms with Gasteiger partial charge in [-0.15, -0.1) is 0 Å². The van der Waals surface area contributed by atoms with Crippen molar-refractivity contribution in [2.24, 2.45) is 5.73 Å². The molecule has 1 aromatic heterocycles. The van der Waals surface area contributed by atoms with Gasteiger partial charge < -0.3 is 15.8 Å². The molecule has 1 saturated carbocycles. The summed E-state index contributed by atoms with van der Waals surface area (Å²) < 4.78 is 6.63. The number of methoxy groups -OCH3 is 1. The molecule has 3 aromatic rings. The van der Waals surface area contributed by atoms with Crippen LogP contribution in [0.2, 0.25) is 5.02 Å². The van der Waals surface area contributed by atoms with Gasteiger partial charge in [-0.3, -0.25) is 9.59 Å². The van der Waals surface area contributed by atoms with E-state index >= 15 is 0 Å². The van der Waals surface area contributed by atoms with Gasteiger partial charge in [-0.1, -0.05) is 35.9 Å². The molecule has 1 fully saturated rings. The molecular formula is C28H33ClN4O3. The number of halogens is 1. The molecule has 1 heterocycles. The van der Waals surface area contributed by atoms with Crippen molar-refractivity contribution in [3.8, 4) is 11.3 Å². The van der Waals surface area contributed by atoms with E-state index in [4.69, 9.17) is 27.2 Å². The predicted octanol–water partition coefficient (Wildman–Crippen LogP) is 4.34. The van der Waals surface area contributed by atoms with Crippen LogP contribution in [0.5, 0.6) is 0 Å². The Labute approximate surface area is 216 Å². The highest BCUT2D eigenvalue weighted by Crippen LogP contribution is 2.42. The summed E-state index contributed by atoms with van der Waals surface area (Å²) in [6, 6.07) is 18.5. The summed E-state index contributed by atoms with van der Waals surface area (Å²) in [6.45, 7) is 1.67. The number of ether oxygens (including phenoxy) is 1. The number of aromatic nitrogens is 2. The number of hydrogen-bond acceptors (Lipinski definition) is 5. The normalized spacial score (nSPS) is 19.7. The van der Waals surface area contributed by atoms with Gasteiger partial charge in [0.25, 0.3) is 11.5 Å². The van der Waals surface area contributed by atoms with E-state index in [1.54, 1.807) is 30.0 Å². The molecular weight excluding hydrogens is 476 g/mol. The maximum Gasteiger partial charge on any atom is 0.267 e. The minimum atomic E-state index is -0.146. The lowest BCUT2D eigenvalue weighted by molar-refractivity contribution is 0.0948. The van der Waals surface area contributed by atoms with Gasteiger partial charge in [0.15, 0.2) is 0 Å². The Morgan fingerprint density at radius 3 is 2.67 bits per heavy atom. The topological polar surface area (TPSA) is 99.2 Å². The van der Waals surface area contributed by atoms with Crippen LogP contribution in [0.15, 0.2) is 65.5 Å². The van der Waals surface area contributed by atoms with Gasteiger partial charge in [0.1, 0.15) is 0 Å². The molecule has 0 bridgehead atoms. The van der Waals surface area contributed by atoms with E-state index in [9.17, 15) is 9.59 Å². The number of rotatable bonds is 9. The fraction of sp³-hybridized carbons (Fsp3) is 0.393. The third kappa shape index (κ3) is 5.86. The van der Waals surface area contributed by atoms with Crippen LogP contribution in [-0.4, -0.2) is 42.5 Å². The Balaban J connectivity index is 1.51. The number of carbonyl (C=O) groups excluding carboxylic acids is 1. The molecule has 4 rings (SSSR count). The van der Waals surface area contributed by atoms with Crippen molar-refractivity contribution in [1.82, 2.24) is 15.1 Å². The van der Waals surface area contributed by atoms with Crippen molar-refractivity contribution in [3.05, 3.63) is 87.2 Å². The van der Waals surface area contributed by atoms with Crippen LogP contribution in [0.25, 0.3) is 11.3 Å². The molecule has 0 aliphatic heterocycles. The van der Waals surface area contributed by atoms with E-state index in [1.165, 1.54) is 0 Å². The molecule has 0 unspecified atom stereocenters. The first-order valence-corrected chi connectivity index (χ1v) is 12.8.